The molecule has 3 rings (SSSR count). The van der Waals surface area contributed by atoms with Gasteiger partial charge in [-0.3, -0.25) is 14.5 Å². The summed E-state index contributed by atoms with van der Waals surface area (Å²) in [6, 6.07) is 10.9. The van der Waals surface area contributed by atoms with Crippen LogP contribution < -0.4 is 5.32 Å². The summed E-state index contributed by atoms with van der Waals surface area (Å²) >= 11 is 0. The molecular weight excluding hydrogens is 376 g/mol. The Morgan fingerprint density at radius 3 is 2.41 bits per heavy atom. The number of carbonyl (C=O) groups is 2. The summed E-state index contributed by atoms with van der Waals surface area (Å²) in [7, 11) is 0. The van der Waals surface area contributed by atoms with E-state index in [0.29, 0.717) is 19.6 Å². The van der Waals surface area contributed by atoms with E-state index in [-0.39, 0.29) is 12.5 Å². The predicted molar refractivity (Wildman–Crippen MR) is 107 cm³/mol. The quantitative estimate of drug-likeness (QED) is 0.809. The Balaban J connectivity index is 1.63. The fourth-order valence-electron chi connectivity index (χ4n) is 3.61. The maximum atomic E-state index is 13.8. The highest BCUT2D eigenvalue weighted by Gasteiger charge is 2.29. The minimum Gasteiger partial charge on any atom is -0.337 e. The Kier molecular flexibility index (Phi) is 6.59. The number of fused-ring (bicyclic) bond motifs is 1. The topological polar surface area (TPSA) is 52.7 Å². The van der Waals surface area contributed by atoms with Crippen LogP contribution in [0.4, 0.5) is 14.5 Å². The van der Waals surface area contributed by atoms with Gasteiger partial charge in [0, 0.05) is 13.1 Å². The van der Waals surface area contributed by atoms with Gasteiger partial charge in [0.15, 0.2) is 0 Å². The van der Waals surface area contributed by atoms with Crippen molar-refractivity contribution >= 4 is 17.5 Å². The van der Waals surface area contributed by atoms with Crippen LogP contribution in [0.15, 0.2) is 42.5 Å². The van der Waals surface area contributed by atoms with Crippen LogP contribution in [0.25, 0.3) is 0 Å². The molecule has 0 spiro atoms. The molecule has 0 saturated heterocycles. The van der Waals surface area contributed by atoms with Crippen LogP contribution in [-0.2, 0) is 22.6 Å². The first-order valence-corrected chi connectivity index (χ1v) is 9.74. The minimum atomic E-state index is -0.836. The van der Waals surface area contributed by atoms with Gasteiger partial charge in [-0.05, 0) is 43.1 Å². The molecule has 7 heteroatoms. The number of hydrogen-bond acceptors (Lipinski definition) is 3. The molecule has 0 fully saturated rings. The first-order chi connectivity index (χ1) is 13.9. The summed E-state index contributed by atoms with van der Waals surface area (Å²) in [6.07, 6.45) is 0.799. The average molecular weight is 401 g/mol. The van der Waals surface area contributed by atoms with E-state index in [1.165, 1.54) is 11.6 Å². The molecule has 1 atom stereocenters. The molecule has 0 bridgehead atoms. The van der Waals surface area contributed by atoms with Gasteiger partial charge < -0.3 is 10.2 Å². The fourth-order valence-corrected chi connectivity index (χ4v) is 3.61. The Morgan fingerprint density at radius 1 is 1.10 bits per heavy atom. The van der Waals surface area contributed by atoms with Gasteiger partial charge in [-0.25, -0.2) is 8.78 Å². The number of para-hydroxylation sites is 1. The monoisotopic (exact) mass is 401 g/mol. The molecule has 0 saturated carbocycles. The molecule has 154 valence electrons. The number of halogens is 2. The Labute approximate surface area is 169 Å². The predicted octanol–water partition coefficient (Wildman–Crippen LogP) is 3.20. The fraction of sp³-hybridized carbons (Fsp3) is 0.364. The van der Waals surface area contributed by atoms with Crippen molar-refractivity contribution in [2.24, 2.45) is 0 Å². The number of rotatable bonds is 6. The summed E-state index contributed by atoms with van der Waals surface area (Å²) in [4.78, 5) is 28.8. The summed E-state index contributed by atoms with van der Waals surface area (Å²) in [5, 5.41) is 2.27. The van der Waals surface area contributed by atoms with Crippen molar-refractivity contribution in [3.8, 4) is 0 Å². The van der Waals surface area contributed by atoms with Crippen molar-refractivity contribution in [1.82, 2.24) is 9.80 Å². The highest BCUT2D eigenvalue weighted by atomic mass is 19.1. The second kappa shape index (κ2) is 9.13. The number of nitrogens with one attached hydrogen (secondary N) is 1. The van der Waals surface area contributed by atoms with E-state index in [1.807, 2.05) is 25.1 Å². The van der Waals surface area contributed by atoms with E-state index in [2.05, 4.69) is 11.4 Å². The van der Waals surface area contributed by atoms with Gasteiger partial charge in [0.25, 0.3) is 0 Å². The number of carbonyl (C=O) groups excluding carboxylic acids is 2. The van der Waals surface area contributed by atoms with Gasteiger partial charge in [-0.2, -0.15) is 0 Å². The third kappa shape index (κ3) is 4.79. The molecule has 0 aromatic heterocycles. The SMILES string of the molecule is CCN(CC(=O)Nc1c(F)cccc1F)C(C)C(=O)N1CCc2ccccc2C1. The lowest BCUT2D eigenvalue weighted by molar-refractivity contribution is -0.137. The van der Waals surface area contributed by atoms with E-state index < -0.39 is 29.3 Å². The van der Waals surface area contributed by atoms with Crippen molar-refractivity contribution < 1.29 is 18.4 Å². The lowest BCUT2D eigenvalue weighted by Gasteiger charge is -2.34. The Morgan fingerprint density at radius 2 is 1.76 bits per heavy atom. The van der Waals surface area contributed by atoms with Crippen molar-refractivity contribution in [2.45, 2.75) is 32.9 Å². The first-order valence-electron chi connectivity index (χ1n) is 9.74. The van der Waals surface area contributed by atoms with Crippen LogP contribution in [0.3, 0.4) is 0 Å². The smallest absolute Gasteiger partial charge is 0.239 e. The van der Waals surface area contributed by atoms with Crippen LogP contribution in [0.5, 0.6) is 0 Å². The highest BCUT2D eigenvalue weighted by molar-refractivity contribution is 5.93. The van der Waals surface area contributed by atoms with E-state index in [4.69, 9.17) is 0 Å². The second-order valence-electron chi connectivity index (χ2n) is 7.16. The Hall–Kier alpha value is -2.80. The lowest BCUT2D eigenvalue weighted by atomic mass is 9.99. The third-order valence-corrected chi connectivity index (χ3v) is 5.33. The van der Waals surface area contributed by atoms with Crippen LogP contribution >= 0.6 is 0 Å². The minimum absolute atomic E-state index is 0.0637. The first kappa shape index (κ1) is 20.9. The summed E-state index contributed by atoms with van der Waals surface area (Å²) in [5.74, 6) is -2.30. The molecule has 1 unspecified atom stereocenters. The maximum absolute atomic E-state index is 13.8. The van der Waals surface area contributed by atoms with Gasteiger partial charge >= 0.3 is 0 Å². The molecule has 1 N–H and O–H groups in total. The zero-order chi connectivity index (χ0) is 21.0. The molecule has 2 aromatic carbocycles. The molecule has 1 aliphatic heterocycles. The van der Waals surface area contributed by atoms with E-state index >= 15 is 0 Å². The molecular formula is C22H25F2N3O2. The van der Waals surface area contributed by atoms with E-state index in [1.54, 1.807) is 16.7 Å². The summed E-state index contributed by atoms with van der Waals surface area (Å²) < 4.78 is 27.5. The van der Waals surface area contributed by atoms with Crippen molar-refractivity contribution in [2.75, 3.05) is 25.0 Å². The molecule has 2 amide bonds. The van der Waals surface area contributed by atoms with Gasteiger partial charge in [0.2, 0.25) is 11.8 Å². The molecule has 0 radical (unpaired) electrons. The van der Waals surface area contributed by atoms with Crippen molar-refractivity contribution in [3.63, 3.8) is 0 Å². The summed E-state index contributed by atoms with van der Waals surface area (Å²) in [5.41, 5.74) is 1.91. The van der Waals surface area contributed by atoms with Crippen LogP contribution in [0.2, 0.25) is 0 Å². The lowest BCUT2D eigenvalue weighted by Crippen LogP contribution is -2.50. The second-order valence-corrected chi connectivity index (χ2v) is 7.16. The molecule has 1 heterocycles. The normalized spacial score (nSPS) is 14.4. The number of likely N-dealkylation sites (N-methyl/N-ethyl adjacent to an activating group) is 1. The van der Waals surface area contributed by atoms with E-state index in [9.17, 15) is 18.4 Å². The summed E-state index contributed by atoms with van der Waals surface area (Å²) in [6.45, 7) is 5.08. The highest BCUT2D eigenvalue weighted by Crippen LogP contribution is 2.21. The van der Waals surface area contributed by atoms with Gasteiger partial charge in [-0.15, -0.1) is 0 Å². The van der Waals surface area contributed by atoms with Gasteiger partial charge in [0.05, 0.1) is 12.6 Å². The van der Waals surface area contributed by atoms with Crippen molar-refractivity contribution in [1.29, 1.82) is 0 Å². The number of amides is 2. The number of nitrogens with zero attached hydrogens (tertiary/aromatic N) is 2. The molecule has 0 aliphatic carbocycles. The number of benzene rings is 2. The molecule has 1 aliphatic rings. The van der Waals surface area contributed by atoms with Crippen LogP contribution in [-0.4, -0.2) is 47.3 Å². The number of anilines is 1. The molecule has 2 aromatic rings. The Bertz CT molecular complexity index is 883. The molecule has 29 heavy (non-hydrogen) atoms. The zero-order valence-electron chi connectivity index (χ0n) is 16.6. The van der Waals surface area contributed by atoms with E-state index in [0.717, 1.165) is 24.1 Å². The standard InChI is InChI=1S/C22H25F2N3O2/c1-3-26(14-20(28)25-21-18(23)9-6-10-19(21)24)15(2)22(29)27-12-11-16-7-4-5-8-17(16)13-27/h4-10,15H,3,11-14H2,1-2H3,(H,25,28). The number of hydrogen-bond donors (Lipinski definition) is 1. The van der Waals surface area contributed by atoms with Crippen LogP contribution in [0, 0.1) is 11.6 Å². The zero-order valence-corrected chi connectivity index (χ0v) is 16.6. The third-order valence-electron chi connectivity index (χ3n) is 5.33. The largest absolute Gasteiger partial charge is 0.337 e. The molecule has 5 nitrogen and oxygen atoms in total. The van der Waals surface area contributed by atoms with Crippen LogP contribution in [0.1, 0.15) is 25.0 Å². The average Bonchev–Trinajstić information content (AvgIpc) is 2.73. The van der Waals surface area contributed by atoms with Gasteiger partial charge in [0.1, 0.15) is 17.3 Å². The van der Waals surface area contributed by atoms with Crippen molar-refractivity contribution in [3.05, 3.63) is 65.2 Å². The maximum Gasteiger partial charge on any atom is 0.239 e. The van der Waals surface area contributed by atoms with Gasteiger partial charge in [-0.1, -0.05) is 37.3 Å².